The summed E-state index contributed by atoms with van der Waals surface area (Å²) in [4.78, 5) is 12.1. The van der Waals surface area contributed by atoms with E-state index in [1.165, 1.54) is 18.9 Å². The second kappa shape index (κ2) is 5.29. The molecule has 5 nitrogen and oxygen atoms in total. The van der Waals surface area contributed by atoms with Gasteiger partial charge < -0.3 is 19.9 Å². The van der Waals surface area contributed by atoms with E-state index in [1.807, 2.05) is 18.2 Å². The molecule has 1 heterocycles. The van der Waals surface area contributed by atoms with Crippen LogP contribution in [0.3, 0.4) is 0 Å². The molecule has 2 N–H and O–H groups in total. The number of carbonyl (C=O) groups is 1. The van der Waals surface area contributed by atoms with Crippen LogP contribution in [0, 0.1) is 0 Å². The van der Waals surface area contributed by atoms with Crippen LogP contribution in [0.25, 0.3) is 0 Å². The summed E-state index contributed by atoms with van der Waals surface area (Å²) in [5.41, 5.74) is 5.64. The fraction of sp³-hybridized carbons (Fsp3) is 0.364. The molecule has 17 heavy (non-hydrogen) atoms. The van der Waals surface area contributed by atoms with E-state index in [4.69, 9.17) is 15.2 Å². The third-order valence-electron chi connectivity index (χ3n) is 2.28. The number of fused-ring (bicyclic) bond motifs is 1. The van der Waals surface area contributed by atoms with Gasteiger partial charge in [-0.05, 0) is 18.2 Å². The Hall–Kier alpha value is -1.40. The van der Waals surface area contributed by atoms with Crippen molar-refractivity contribution in [2.24, 2.45) is 5.73 Å². The van der Waals surface area contributed by atoms with Gasteiger partial charge in [0.25, 0.3) is 0 Å². The molecular weight excluding hydrogens is 242 g/mol. The maximum absolute atomic E-state index is 11.1. The van der Waals surface area contributed by atoms with Crippen LogP contribution >= 0.6 is 11.8 Å². The SMILES string of the molecule is COC(=O)C(N)CSc1ccc2c(c1)OCO2. The molecule has 1 aliphatic heterocycles. The summed E-state index contributed by atoms with van der Waals surface area (Å²) < 4.78 is 15.0. The summed E-state index contributed by atoms with van der Waals surface area (Å²) >= 11 is 1.48. The van der Waals surface area contributed by atoms with Crippen LogP contribution < -0.4 is 15.2 Å². The Morgan fingerprint density at radius 2 is 2.29 bits per heavy atom. The molecule has 0 amide bonds. The first-order valence-electron chi connectivity index (χ1n) is 5.06. The lowest BCUT2D eigenvalue weighted by atomic mass is 10.3. The van der Waals surface area contributed by atoms with E-state index in [9.17, 15) is 4.79 Å². The zero-order valence-corrected chi connectivity index (χ0v) is 10.2. The van der Waals surface area contributed by atoms with Gasteiger partial charge in [0, 0.05) is 10.6 Å². The smallest absolute Gasteiger partial charge is 0.323 e. The number of esters is 1. The Morgan fingerprint density at radius 3 is 3.06 bits per heavy atom. The van der Waals surface area contributed by atoms with Gasteiger partial charge in [0.2, 0.25) is 6.79 Å². The lowest BCUT2D eigenvalue weighted by Crippen LogP contribution is -2.33. The lowest BCUT2D eigenvalue weighted by Gasteiger charge is -2.08. The molecule has 0 saturated heterocycles. The monoisotopic (exact) mass is 255 g/mol. The van der Waals surface area contributed by atoms with Crippen LogP contribution in [0.1, 0.15) is 0 Å². The Kier molecular flexibility index (Phi) is 3.75. The van der Waals surface area contributed by atoms with Gasteiger partial charge >= 0.3 is 5.97 Å². The molecule has 0 bridgehead atoms. The van der Waals surface area contributed by atoms with E-state index in [1.54, 1.807) is 0 Å². The molecule has 1 aromatic carbocycles. The zero-order valence-electron chi connectivity index (χ0n) is 9.34. The standard InChI is InChI=1S/C11H13NO4S/c1-14-11(13)8(12)5-17-7-2-3-9-10(4-7)16-6-15-9/h2-4,8H,5-6,12H2,1H3. The molecular formula is C11H13NO4S. The molecule has 0 saturated carbocycles. The minimum Gasteiger partial charge on any atom is -0.468 e. The first-order chi connectivity index (χ1) is 8.20. The molecule has 1 aliphatic rings. The van der Waals surface area contributed by atoms with Crippen LogP contribution in [0.5, 0.6) is 11.5 Å². The lowest BCUT2D eigenvalue weighted by molar-refractivity contribution is -0.141. The van der Waals surface area contributed by atoms with Crippen LogP contribution in [0.4, 0.5) is 0 Å². The minimum absolute atomic E-state index is 0.255. The molecule has 0 aromatic heterocycles. The maximum Gasteiger partial charge on any atom is 0.323 e. The molecule has 0 fully saturated rings. The summed E-state index contributed by atoms with van der Waals surface area (Å²) in [5.74, 6) is 1.53. The third-order valence-corrected chi connectivity index (χ3v) is 3.39. The van der Waals surface area contributed by atoms with Crippen LogP contribution in [-0.2, 0) is 9.53 Å². The second-order valence-corrected chi connectivity index (χ2v) is 4.55. The van der Waals surface area contributed by atoms with Gasteiger partial charge in [-0.25, -0.2) is 0 Å². The fourth-order valence-corrected chi connectivity index (χ4v) is 2.23. The Morgan fingerprint density at radius 1 is 1.53 bits per heavy atom. The number of thioether (sulfide) groups is 1. The van der Waals surface area contributed by atoms with Crippen molar-refractivity contribution in [2.75, 3.05) is 19.7 Å². The normalized spacial score (nSPS) is 14.5. The van der Waals surface area contributed by atoms with E-state index in [-0.39, 0.29) is 6.79 Å². The molecule has 0 aliphatic carbocycles. The van der Waals surface area contributed by atoms with E-state index in [0.717, 1.165) is 16.4 Å². The van der Waals surface area contributed by atoms with Crippen molar-refractivity contribution in [2.45, 2.75) is 10.9 Å². The van der Waals surface area contributed by atoms with Gasteiger partial charge in [-0.2, -0.15) is 0 Å². The number of hydrogen-bond donors (Lipinski definition) is 1. The minimum atomic E-state index is -0.615. The molecule has 0 radical (unpaired) electrons. The van der Waals surface area contributed by atoms with Gasteiger partial charge in [-0.1, -0.05) is 0 Å². The van der Waals surface area contributed by atoms with Gasteiger partial charge in [0.05, 0.1) is 7.11 Å². The molecule has 1 unspecified atom stereocenters. The van der Waals surface area contributed by atoms with Crippen LogP contribution in [0.15, 0.2) is 23.1 Å². The number of ether oxygens (including phenoxy) is 3. The Labute approximate surface area is 103 Å². The second-order valence-electron chi connectivity index (χ2n) is 3.46. The maximum atomic E-state index is 11.1. The van der Waals surface area contributed by atoms with E-state index < -0.39 is 12.0 Å². The van der Waals surface area contributed by atoms with Gasteiger partial charge in [0.1, 0.15) is 6.04 Å². The highest BCUT2D eigenvalue weighted by Crippen LogP contribution is 2.35. The number of hydrogen-bond acceptors (Lipinski definition) is 6. The van der Waals surface area contributed by atoms with Crippen molar-refractivity contribution >= 4 is 17.7 Å². The highest BCUT2D eigenvalue weighted by Gasteiger charge is 2.16. The Bertz CT molecular complexity index is 424. The Balaban J connectivity index is 1.93. The average molecular weight is 255 g/mol. The van der Waals surface area contributed by atoms with Crippen molar-refractivity contribution < 1.29 is 19.0 Å². The molecule has 1 aromatic rings. The number of rotatable bonds is 4. The third kappa shape index (κ3) is 2.83. The molecule has 2 rings (SSSR count). The number of carbonyl (C=O) groups excluding carboxylic acids is 1. The largest absolute Gasteiger partial charge is 0.468 e. The number of nitrogens with two attached hydrogens (primary N) is 1. The zero-order chi connectivity index (χ0) is 12.3. The summed E-state index contributed by atoms with van der Waals surface area (Å²) in [6.07, 6.45) is 0. The average Bonchev–Trinajstić information content (AvgIpc) is 2.82. The van der Waals surface area contributed by atoms with Gasteiger partial charge in [-0.3, -0.25) is 4.79 Å². The summed E-state index contributed by atoms with van der Waals surface area (Å²) in [6, 6.07) is 5.00. The van der Waals surface area contributed by atoms with Gasteiger partial charge in [0.15, 0.2) is 11.5 Å². The van der Waals surface area contributed by atoms with Crippen LogP contribution in [0.2, 0.25) is 0 Å². The van der Waals surface area contributed by atoms with E-state index in [0.29, 0.717) is 5.75 Å². The van der Waals surface area contributed by atoms with E-state index in [2.05, 4.69) is 4.74 Å². The predicted octanol–water partition coefficient (Wildman–Crippen LogP) is 1.01. The summed E-state index contributed by atoms with van der Waals surface area (Å²) in [7, 11) is 1.33. The van der Waals surface area contributed by atoms with Crippen molar-refractivity contribution in [3.8, 4) is 11.5 Å². The molecule has 92 valence electrons. The summed E-state index contributed by atoms with van der Waals surface area (Å²) in [6.45, 7) is 0.255. The topological polar surface area (TPSA) is 70.8 Å². The predicted molar refractivity (Wildman–Crippen MR) is 63.3 cm³/mol. The molecule has 6 heteroatoms. The number of methoxy groups -OCH3 is 1. The van der Waals surface area contributed by atoms with Crippen LogP contribution in [-0.4, -0.2) is 31.7 Å². The molecule has 1 atom stereocenters. The van der Waals surface area contributed by atoms with E-state index >= 15 is 0 Å². The van der Waals surface area contributed by atoms with Crippen molar-refractivity contribution in [3.05, 3.63) is 18.2 Å². The van der Waals surface area contributed by atoms with Crippen molar-refractivity contribution in [3.63, 3.8) is 0 Å². The van der Waals surface area contributed by atoms with Crippen molar-refractivity contribution in [1.29, 1.82) is 0 Å². The summed E-state index contributed by atoms with van der Waals surface area (Å²) in [5, 5.41) is 0. The highest BCUT2D eigenvalue weighted by atomic mass is 32.2. The van der Waals surface area contributed by atoms with Gasteiger partial charge in [-0.15, -0.1) is 11.8 Å². The first-order valence-corrected chi connectivity index (χ1v) is 6.05. The van der Waals surface area contributed by atoms with Crippen molar-refractivity contribution in [1.82, 2.24) is 0 Å². The first kappa shape index (κ1) is 12.1. The highest BCUT2D eigenvalue weighted by molar-refractivity contribution is 7.99. The number of benzene rings is 1. The quantitative estimate of drug-likeness (QED) is 0.639. The molecule has 0 spiro atoms. The fourth-order valence-electron chi connectivity index (χ4n) is 1.37.